The number of carbonyl (C=O) groups excluding carboxylic acids is 1. The van der Waals surface area contributed by atoms with Gasteiger partial charge in [-0.1, -0.05) is 0 Å². The quantitative estimate of drug-likeness (QED) is 0.899. The molecule has 1 atom stereocenters. The first-order valence-corrected chi connectivity index (χ1v) is 7.97. The minimum absolute atomic E-state index is 0.0582. The third-order valence-corrected chi connectivity index (χ3v) is 4.27. The van der Waals surface area contributed by atoms with Crippen LogP contribution in [0.1, 0.15) is 38.1 Å². The molecule has 1 aromatic heterocycles. The summed E-state index contributed by atoms with van der Waals surface area (Å²) < 4.78 is 1.77. The third kappa shape index (κ3) is 4.56. The highest BCUT2D eigenvalue weighted by molar-refractivity contribution is 5.75. The summed E-state index contributed by atoms with van der Waals surface area (Å²) in [4.78, 5) is 14.5. The highest BCUT2D eigenvalue weighted by atomic mass is 16.2. The van der Waals surface area contributed by atoms with E-state index in [0.717, 1.165) is 24.5 Å². The first-order chi connectivity index (χ1) is 9.95. The summed E-state index contributed by atoms with van der Waals surface area (Å²) >= 11 is 0. The van der Waals surface area contributed by atoms with Gasteiger partial charge in [-0.3, -0.25) is 9.48 Å². The number of amides is 1. The minimum Gasteiger partial charge on any atom is -0.354 e. The zero-order valence-electron chi connectivity index (χ0n) is 13.7. The van der Waals surface area contributed by atoms with E-state index >= 15 is 0 Å². The molecule has 5 nitrogen and oxygen atoms in total. The Morgan fingerprint density at radius 3 is 2.86 bits per heavy atom. The van der Waals surface area contributed by atoms with Gasteiger partial charge in [0.15, 0.2) is 0 Å². The van der Waals surface area contributed by atoms with Crippen molar-refractivity contribution >= 4 is 5.91 Å². The lowest BCUT2D eigenvalue weighted by atomic mass is 9.97. The molecule has 118 valence electrons. The number of carbonyl (C=O) groups is 1. The molecule has 0 aromatic carbocycles. The number of likely N-dealkylation sites (tertiary alicyclic amines) is 1. The number of nitrogens with zero attached hydrogens (tertiary/aromatic N) is 3. The van der Waals surface area contributed by atoms with E-state index in [1.54, 1.807) is 4.68 Å². The average Bonchev–Trinajstić information content (AvgIpc) is 2.75. The van der Waals surface area contributed by atoms with Gasteiger partial charge < -0.3 is 10.2 Å². The average molecular weight is 292 g/mol. The summed E-state index contributed by atoms with van der Waals surface area (Å²) in [6.45, 7) is 11.8. The zero-order valence-corrected chi connectivity index (χ0v) is 13.7. The maximum absolute atomic E-state index is 12.0. The van der Waals surface area contributed by atoms with Crippen LogP contribution in [0, 0.1) is 19.8 Å². The molecule has 1 saturated heterocycles. The second-order valence-corrected chi connectivity index (χ2v) is 6.49. The Hall–Kier alpha value is -1.36. The largest absolute Gasteiger partial charge is 0.354 e. The lowest BCUT2D eigenvalue weighted by Gasteiger charge is -2.35. The molecule has 0 saturated carbocycles. The SMILES string of the molecule is Cc1cc(C)n(CC(=O)NC[C@@H]2CCCN(C(C)C)C2)n1. The van der Waals surface area contributed by atoms with Crippen molar-refractivity contribution in [1.29, 1.82) is 0 Å². The van der Waals surface area contributed by atoms with Gasteiger partial charge in [-0.25, -0.2) is 0 Å². The van der Waals surface area contributed by atoms with Crippen LogP contribution < -0.4 is 5.32 Å². The van der Waals surface area contributed by atoms with Crippen LogP contribution in [0.4, 0.5) is 0 Å². The van der Waals surface area contributed by atoms with Crippen molar-refractivity contribution in [2.75, 3.05) is 19.6 Å². The predicted molar refractivity (Wildman–Crippen MR) is 84.1 cm³/mol. The summed E-state index contributed by atoms with van der Waals surface area (Å²) in [5.74, 6) is 0.633. The fraction of sp³-hybridized carbons (Fsp3) is 0.750. The monoisotopic (exact) mass is 292 g/mol. The smallest absolute Gasteiger partial charge is 0.241 e. The Bertz CT molecular complexity index is 481. The lowest BCUT2D eigenvalue weighted by molar-refractivity contribution is -0.122. The van der Waals surface area contributed by atoms with Crippen molar-refractivity contribution in [3.05, 3.63) is 17.5 Å². The van der Waals surface area contributed by atoms with E-state index in [9.17, 15) is 4.79 Å². The molecule has 1 amide bonds. The van der Waals surface area contributed by atoms with Crippen LogP contribution in [0.3, 0.4) is 0 Å². The van der Waals surface area contributed by atoms with Crippen molar-refractivity contribution in [3.63, 3.8) is 0 Å². The van der Waals surface area contributed by atoms with Gasteiger partial charge in [0.25, 0.3) is 0 Å². The number of hydrogen-bond acceptors (Lipinski definition) is 3. The van der Waals surface area contributed by atoms with Gasteiger partial charge in [0.05, 0.1) is 5.69 Å². The molecule has 21 heavy (non-hydrogen) atoms. The number of nitrogens with one attached hydrogen (secondary N) is 1. The van der Waals surface area contributed by atoms with Crippen LogP contribution in [0.15, 0.2) is 6.07 Å². The summed E-state index contributed by atoms with van der Waals surface area (Å²) in [6, 6.07) is 2.59. The molecule has 1 aliphatic rings. The molecule has 2 rings (SSSR count). The molecule has 1 aromatic rings. The molecule has 0 radical (unpaired) electrons. The maximum atomic E-state index is 12.0. The van der Waals surface area contributed by atoms with Crippen LogP contribution in [0.25, 0.3) is 0 Å². The molecule has 0 unspecified atom stereocenters. The van der Waals surface area contributed by atoms with E-state index in [1.807, 2.05) is 19.9 Å². The van der Waals surface area contributed by atoms with Crippen LogP contribution in [-0.4, -0.2) is 46.3 Å². The maximum Gasteiger partial charge on any atom is 0.241 e. The van der Waals surface area contributed by atoms with Gasteiger partial charge in [0.2, 0.25) is 5.91 Å². The van der Waals surface area contributed by atoms with Crippen LogP contribution in [0.5, 0.6) is 0 Å². The number of aromatic nitrogens is 2. The lowest BCUT2D eigenvalue weighted by Crippen LogP contribution is -2.44. The van der Waals surface area contributed by atoms with Crippen molar-refractivity contribution < 1.29 is 4.79 Å². The summed E-state index contributed by atoms with van der Waals surface area (Å²) in [6.07, 6.45) is 2.44. The topological polar surface area (TPSA) is 50.2 Å². The van der Waals surface area contributed by atoms with Crippen LogP contribution in [-0.2, 0) is 11.3 Å². The molecule has 2 heterocycles. The zero-order chi connectivity index (χ0) is 15.4. The van der Waals surface area contributed by atoms with Crippen LogP contribution >= 0.6 is 0 Å². The van der Waals surface area contributed by atoms with E-state index in [1.165, 1.54) is 19.4 Å². The molecular formula is C16H28N4O. The van der Waals surface area contributed by atoms with Crippen molar-refractivity contribution in [3.8, 4) is 0 Å². The first kappa shape index (κ1) is 16.0. The molecular weight excluding hydrogens is 264 g/mol. The van der Waals surface area contributed by atoms with E-state index in [2.05, 4.69) is 29.2 Å². The molecule has 1 fully saturated rings. The fourth-order valence-corrected chi connectivity index (χ4v) is 3.02. The second-order valence-electron chi connectivity index (χ2n) is 6.49. The molecule has 0 bridgehead atoms. The molecule has 0 spiro atoms. The standard InChI is InChI=1S/C16H28N4O/c1-12(2)19-7-5-6-15(10-19)9-17-16(21)11-20-14(4)8-13(3)18-20/h8,12,15H,5-7,9-11H2,1-4H3,(H,17,21)/t15-/m0/s1. The first-order valence-electron chi connectivity index (χ1n) is 7.97. The Morgan fingerprint density at radius 1 is 1.48 bits per heavy atom. The van der Waals surface area contributed by atoms with E-state index in [-0.39, 0.29) is 5.91 Å². The Morgan fingerprint density at radius 2 is 2.24 bits per heavy atom. The van der Waals surface area contributed by atoms with Crippen molar-refractivity contribution in [2.45, 2.75) is 53.1 Å². The van der Waals surface area contributed by atoms with E-state index in [0.29, 0.717) is 18.5 Å². The minimum atomic E-state index is 0.0582. The van der Waals surface area contributed by atoms with Gasteiger partial charge in [-0.2, -0.15) is 5.10 Å². The van der Waals surface area contributed by atoms with E-state index < -0.39 is 0 Å². The Balaban J connectivity index is 1.77. The van der Waals surface area contributed by atoms with E-state index in [4.69, 9.17) is 0 Å². The fourth-order valence-electron chi connectivity index (χ4n) is 3.02. The van der Waals surface area contributed by atoms with Gasteiger partial charge in [0.1, 0.15) is 6.54 Å². The van der Waals surface area contributed by atoms with Gasteiger partial charge >= 0.3 is 0 Å². The second kappa shape index (κ2) is 7.07. The summed E-state index contributed by atoms with van der Waals surface area (Å²) in [5, 5.41) is 7.40. The number of hydrogen-bond donors (Lipinski definition) is 1. The number of aryl methyl sites for hydroxylation is 2. The third-order valence-electron chi connectivity index (χ3n) is 4.27. The van der Waals surface area contributed by atoms with Gasteiger partial charge in [-0.05, 0) is 59.1 Å². The molecule has 1 aliphatic heterocycles. The Kier molecular flexibility index (Phi) is 5.39. The number of rotatable bonds is 5. The van der Waals surface area contributed by atoms with Crippen LogP contribution in [0.2, 0.25) is 0 Å². The van der Waals surface area contributed by atoms with Crippen molar-refractivity contribution in [1.82, 2.24) is 20.0 Å². The summed E-state index contributed by atoms with van der Waals surface area (Å²) in [5.41, 5.74) is 1.99. The highest BCUT2D eigenvalue weighted by Crippen LogP contribution is 2.17. The van der Waals surface area contributed by atoms with Gasteiger partial charge in [0, 0.05) is 24.8 Å². The summed E-state index contributed by atoms with van der Waals surface area (Å²) in [7, 11) is 0. The molecule has 5 heteroatoms. The van der Waals surface area contributed by atoms with Gasteiger partial charge in [-0.15, -0.1) is 0 Å². The normalized spacial score (nSPS) is 20.0. The number of piperidine rings is 1. The molecule has 1 N–H and O–H groups in total. The highest BCUT2D eigenvalue weighted by Gasteiger charge is 2.22. The Labute approximate surface area is 127 Å². The van der Waals surface area contributed by atoms with Crippen molar-refractivity contribution in [2.24, 2.45) is 5.92 Å². The predicted octanol–water partition coefficient (Wildman–Crippen LogP) is 1.74. The molecule has 0 aliphatic carbocycles.